The van der Waals surface area contributed by atoms with E-state index in [1.807, 2.05) is 11.3 Å². The summed E-state index contributed by atoms with van der Waals surface area (Å²) in [6.45, 7) is -0.348. The van der Waals surface area contributed by atoms with E-state index in [2.05, 4.69) is 112 Å². The third kappa shape index (κ3) is 3.44. The average molecular weight is 636 g/mol. The number of hydrogen-bond donors (Lipinski definition) is 1. The zero-order valence-corrected chi connectivity index (χ0v) is 20.6. The molecule has 0 radical (unpaired) electrons. The smallest absolute Gasteiger partial charge is 0.341 e. The van der Waals surface area contributed by atoms with Gasteiger partial charge >= 0.3 is 5.97 Å². The summed E-state index contributed by atoms with van der Waals surface area (Å²) in [6, 6.07) is 23.5. The molecule has 30 heavy (non-hydrogen) atoms. The Labute approximate surface area is 203 Å². The van der Waals surface area contributed by atoms with Gasteiger partial charge in [0.2, 0.25) is 0 Å². The van der Waals surface area contributed by atoms with E-state index in [0.717, 1.165) is 12.7 Å². The highest BCUT2D eigenvalue weighted by molar-refractivity contribution is 14.1. The van der Waals surface area contributed by atoms with E-state index in [4.69, 9.17) is 9.84 Å². The monoisotopic (exact) mass is 636 g/mol. The van der Waals surface area contributed by atoms with Crippen molar-refractivity contribution in [3.05, 3.63) is 73.9 Å². The number of carboxylic acids is 1. The molecule has 1 heterocycles. The molecule has 148 valence electrons. The Morgan fingerprint density at radius 1 is 0.900 bits per heavy atom. The normalized spacial score (nSPS) is 11.4. The first-order valence-electron chi connectivity index (χ1n) is 9.20. The first-order chi connectivity index (χ1) is 14.5. The molecule has 6 heteroatoms. The topological polar surface area (TPSA) is 46.5 Å². The quantitative estimate of drug-likeness (QED) is 0.208. The van der Waals surface area contributed by atoms with E-state index < -0.39 is 5.97 Å². The van der Waals surface area contributed by atoms with Gasteiger partial charge in [-0.05, 0) is 91.3 Å². The van der Waals surface area contributed by atoms with Crippen LogP contribution in [0.1, 0.15) is 0 Å². The Bertz CT molecular complexity index is 1430. The molecule has 1 aromatic heterocycles. The lowest BCUT2D eigenvalue weighted by molar-refractivity contribution is -0.139. The Kier molecular flexibility index (Phi) is 5.32. The fourth-order valence-electron chi connectivity index (χ4n) is 3.83. The van der Waals surface area contributed by atoms with Crippen LogP contribution in [0, 0.1) is 7.14 Å². The lowest BCUT2D eigenvalue weighted by Gasteiger charge is -2.14. The van der Waals surface area contributed by atoms with Crippen LogP contribution in [0.4, 0.5) is 0 Å². The minimum Gasteiger partial charge on any atom is -0.480 e. The van der Waals surface area contributed by atoms with Gasteiger partial charge in [0.15, 0.2) is 6.61 Å². The fourth-order valence-corrected chi connectivity index (χ4v) is 7.07. The molecule has 5 aromatic rings. The molecule has 0 spiro atoms. The Morgan fingerprint density at radius 3 is 2.30 bits per heavy atom. The zero-order chi connectivity index (χ0) is 20.8. The number of fused-ring (bicyclic) bond motifs is 4. The minimum atomic E-state index is -0.980. The molecule has 0 aliphatic rings. The van der Waals surface area contributed by atoms with Crippen molar-refractivity contribution < 1.29 is 14.6 Å². The number of ether oxygens (including phenoxy) is 1. The maximum Gasteiger partial charge on any atom is 0.341 e. The van der Waals surface area contributed by atoms with Crippen LogP contribution in [0.5, 0.6) is 5.75 Å². The summed E-state index contributed by atoms with van der Waals surface area (Å²) in [5, 5.41) is 13.9. The van der Waals surface area contributed by atoms with E-state index in [1.165, 1.54) is 36.5 Å². The molecule has 3 nitrogen and oxygen atoms in total. The van der Waals surface area contributed by atoms with E-state index in [1.54, 1.807) is 0 Å². The summed E-state index contributed by atoms with van der Waals surface area (Å²) in [4.78, 5) is 10.9. The Hall–Kier alpha value is -1.91. The minimum absolute atomic E-state index is 0.348. The van der Waals surface area contributed by atoms with Crippen LogP contribution in [0.25, 0.3) is 42.1 Å². The Morgan fingerprint density at radius 2 is 1.57 bits per heavy atom. The van der Waals surface area contributed by atoms with Gasteiger partial charge in [0.1, 0.15) is 5.75 Å². The summed E-state index contributed by atoms with van der Waals surface area (Å²) in [5.41, 5.74) is 2.32. The predicted octanol–water partition coefficient (Wildman–Crippen LogP) is 7.55. The van der Waals surface area contributed by atoms with E-state index >= 15 is 0 Å². The second kappa shape index (κ2) is 7.97. The Balaban J connectivity index is 1.84. The number of halogens is 2. The van der Waals surface area contributed by atoms with Crippen molar-refractivity contribution in [3.8, 4) is 16.9 Å². The second-order valence-corrected chi connectivity index (χ2v) is 10.3. The summed E-state index contributed by atoms with van der Waals surface area (Å²) >= 11 is 6.27. The SMILES string of the molecule is O=C(O)COc1c(I)cc(-c2c3ccccc3cc3sc4ccccc4c23)cc1I. The molecule has 4 aromatic carbocycles. The summed E-state index contributed by atoms with van der Waals surface area (Å²) in [6.07, 6.45) is 0. The van der Waals surface area contributed by atoms with Crippen LogP contribution in [-0.2, 0) is 4.79 Å². The standard InChI is InChI=1S/C24H14I2O3S/c25-17-9-14(10-18(26)24(17)29-12-21(27)28)22-15-6-2-1-5-13(15)11-20-23(22)16-7-3-4-8-19(16)30-20/h1-11H,12H2,(H,27,28). The molecule has 0 saturated carbocycles. The summed E-state index contributed by atoms with van der Waals surface area (Å²) < 4.78 is 9.87. The zero-order valence-electron chi connectivity index (χ0n) is 15.5. The van der Waals surface area contributed by atoms with Crippen LogP contribution < -0.4 is 4.74 Å². The van der Waals surface area contributed by atoms with Gasteiger partial charge < -0.3 is 9.84 Å². The molecule has 0 unspecified atom stereocenters. The van der Waals surface area contributed by atoms with Crippen LogP contribution in [0.3, 0.4) is 0 Å². The summed E-state index contributed by atoms with van der Waals surface area (Å²) in [5.74, 6) is -0.361. The largest absolute Gasteiger partial charge is 0.480 e. The average Bonchev–Trinajstić information content (AvgIpc) is 3.09. The van der Waals surface area contributed by atoms with Gasteiger partial charge in [0.05, 0.1) is 7.14 Å². The van der Waals surface area contributed by atoms with Crippen molar-refractivity contribution in [2.45, 2.75) is 0 Å². The number of carboxylic acid groups (broad SMARTS) is 1. The second-order valence-electron chi connectivity index (χ2n) is 6.90. The van der Waals surface area contributed by atoms with Crippen molar-refractivity contribution in [3.63, 3.8) is 0 Å². The van der Waals surface area contributed by atoms with E-state index in [0.29, 0.717) is 5.75 Å². The molecular formula is C24H14I2O3S. The number of thiophene rings is 1. The first-order valence-corrected chi connectivity index (χ1v) is 12.2. The third-order valence-corrected chi connectivity index (χ3v) is 7.74. The highest BCUT2D eigenvalue weighted by Gasteiger charge is 2.18. The van der Waals surface area contributed by atoms with Gasteiger partial charge in [-0.2, -0.15) is 0 Å². The number of benzene rings is 4. The first kappa shape index (κ1) is 20.0. The van der Waals surface area contributed by atoms with Crippen molar-refractivity contribution in [1.29, 1.82) is 0 Å². The maximum absolute atomic E-state index is 10.9. The van der Waals surface area contributed by atoms with Gasteiger partial charge in [-0.25, -0.2) is 4.79 Å². The third-order valence-electron chi connectivity index (χ3n) is 5.02. The molecule has 0 atom stereocenters. The van der Waals surface area contributed by atoms with Crippen molar-refractivity contribution >= 4 is 93.4 Å². The molecule has 1 N–H and O–H groups in total. The lowest BCUT2D eigenvalue weighted by Crippen LogP contribution is -2.11. The van der Waals surface area contributed by atoms with Crippen LogP contribution >= 0.6 is 56.5 Å². The molecular weight excluding hydrogens is 622 g/mol. The lowest BCUT2D eigenvalue weighted by atomic mass is 9.93. The van der Waals surface area contributed by atoms with E-state index in [9.17, 15) is 4.79 Å². The van der Waals surface area contributed by atoms with Gasteiger partial charge in [-0.3, -0.25) is 0 Å². The molecule has 0 aliphatic carbocycles. The van der Waals surface area contributed by atoms with Crippen molar-refractivity contribution in [1.82, 2.24) is 0 Å². The van der Waals surface area contributed by atoms with Crippen LogP contribution in [-0.4, -0.2) is 17.7 Å². The highest BCUT2D eigenvalue weighted by Crippen LogP contribution is 2.45. The van der Waals surface area contributed by atoms with Crippen molar-refractivity contribution in [2.24, 2.45) is 0 Å². The predicted molar refractivity (Wildman–Crippen MR) is 141 cm³/mol. The highest BCUT2D eigenvalue weighted by atomic mass is 127. The number of carbonyl (C=O) groups is 1. The molecule has 0 bridgehead atoms. The number of hydrogen-bond acceptors (Lipinski definition) is 3. The van der Waals surface area contributed by atoms with Crippen LogP contribution in [0.2, 0.25) is 0 Å². The number of rotatable bonds is 4. The van der Waals surface area contributed by atoms with Gasteiger partial charge in [-0.1, -0.05) is 42.5 Å². The summed E-state index contributed by atoms with van der Waals surface area (Å²) in [7, 11) is 0. The van der Waals surface area contributed by atoms with Gasteiger partial charge in [-0.15, -0.1) is 11.3 Å². The number of aliphatic carboxylic acids is 1. The maximum atomic E-state index is 10.9. The van der Waals surface area contributed by atoms with Crippen molar-refractivity contribution in [2.75, 3.05) is 6.61 Å². The van der Waals surface area contributed by atoms with Crippen LogP contribution in [0.15, 0.2) is 66.7 Å². The molecule has 0 amide bonds. The molecule has 0 aliphatic heterocycles. The fraction of sp³-hybridized carbons (Fsp3) is 0.0417. The molecule has 5 rings (SSSR count). The van der Waals surface area contributed by atoms with Gasteiger partial charge in [0.25, 0.3) is 0 Å². The van der Waals surface area contributed by atoms with E-state index in [-0.39, 0.29) is 6.61 Å². The molecule has 0 saturated heterocycles. The molecule has 0 fully saturated rings. The van der Waals surface area contributed by atoms with Gasteiger partial charge in [0, 0.05) is 20.2 Å².